The second-order valence-electron chi connectivity index (χ2n) is 5.60. The fraction of sp³-hybridized carbons (Fsp3) is 0.143. The van der Waals surface area contributed by atoms with Crippen molar-refractivity contribution in [3.63, 3.8) is 0 Å². The van der Waals surface area contributed by atoms with E-state index < -0.39 is 0 Å². The molecule has 0 aromatic heterocycles. The van der Waals surface area contributed by atoms with E-state index >= 15 is 0 Å². The highest BCUT2D eigenvalue weighted by molar-refractivity contribution is 5.38. The molecule has 0 spiro atoms. The van der Waals surface area contributed by atoms with Gasteiger partial charge in [-0.25, -0.2) is 0 Å². The van der Waals surface area contributed by atoms with E-state index in [1.165, 1.54) is 27.8 Å². The second kappa shape index (κ2) is 6.41. The minimum absolute atomic E-state index is 1.00. The summed E-state index contributed by atoms with van der Waals surface area (Å²) in [5.74, 6) is 0. The van der Waals surface area contributed by atoms with Crippen LogP contribution in [0.1, 0.15) is 27.8 Å². The smallest absolute Gasteiger partial charge is 0.00228 e. The van der Waals surface area contributed by atoms with Gasteiger partial charge in [0.15, 0.2) is 0 Å². The van der Waals surface area contributed by atoms with Crippen LogP contribution in [0.3, 0.4) is 0 Å². The lowest BCUT2D eigenvalue weighted by molar-refractivity contribution is 1.08. The predicted molar refractivity (Wildman–Crippen MR) is 89.7 cm³/mol. The van der Waals surface area contributed by atoms with Crippen LogP contribution >= 0.6 is 0 Å². The third-order valence-electron chi connectivity index (χ3n) is 3.84. The summed E-state index contributed by atoms with van der Waals surface area (Å²) in [6.45, 7) is 2.17. The summed E-state index contributed by atoms with van der Waals surface area (Å²) < 4.78 is 0. The Bertz CT molecular complexity index is 697. The minimum atomic E-state index is 1.00. The monoisotopic (exact) mass is 272 g/mol. The maximum Gasteiger partial charge on any atom is -0.00228 e. The van der Waals surface area contributed by atoms with Gasteiger partial charge in [-0.1, -0.05) is 84.4 Å². The molecule has 0 aliphatic heterocycles. The van der Waals surface area contributed by atoms with Crippen molar-refractivity contribution in [1.29, 1.82) is 0 Å². The maximum atomic E-state index is 2.32. The topological polar surface area (TPSA) is 0 Å². The normalized spacial score (nSPS) is 10.5. The first-order valence-corrected chi connectivity index (χ1v) is 7.47. The van der Waals surface area contributed by atoms with Crippen LogP contribution in [0.25, 0.3) is 0 Å². The van der Waals surface area contributed by atoms with Gasteiger partial charge in [0.1, 0.15) is 0 Å². The Labute approximate surface area is 127 Å². The first-order chi connectivity index (χ1) is 10.3. The molecule has 0 atom stereocenters. The van der Waals surface area contributed by atoms with Gasteiger partial charge in [0.05, 0.1) is 0 Å². The van der Waals surface area contributed by atoms with Gasteiger partial charge in [-0.2, -0.15) is 0 Å². The fourth-order valence-corrected chi connectivity index (χ4v) is 2.72. The molecule has 0 fully saturated rings. The van der Waals surface area contributed by atoms with E-state index in [9.17, 15) is 0 Å². The average molecular weight is 272 g/mol. The van der Waals surface area contributed by atoms with Gasteiger partial charge in [-0.05, 0) is 42.0 Å². The molecule has 0 saturated heterocycles. The van der Waals surface area contributed by atoms with Crippen molar-refractivity contribution in [2.75, 3.05) is 0 Å². The van der Waals surface area contributed by atoms with Crippen LogP contribution in [0.4, 0.5) is 0 Å². The first-order valence-electron chi connectivity index (χ1n) is 7.47. The Kier molecular flexibility index (Phi) is 4.16. The standard InChI is InChI=1S/C21H20/c1-17-12-13-20(15-18-8-4-2-5-9-18)21(14-17)16-19-10-6-3-7-11-19/h2-14H,15-16H2,1H3. The van der Waals surface area contributed by atoms with Crippen LogP contribution in [0, 0.1) is 6.92 Å². The van der Waals surface area contributed by atoms with Crippen molar-refractivity contribution in [3.8, 4) is 0 Å². The van der Waals surface area contributed by atoms with Crippen molar-refractivity contribution in [2.45, 2.75) is 19.8 Å². The molecule has 3 aromatic carbocycles. The van der Waals surface area contributed by atoms with Crippen molar-refractivity contribution in [2.24, 2.45) is 0 Å². The number of benzene rings is 3. The largest absolute Gasteiger partial charge is 0.0622 e. The summed E-state index contributed by atoms with van der Waals surface area (Å²) in [7, 11) is 0. The average Bonchev–Trinajstić information content (AvgIpc) is 2.52. The van der Waals surface area contributed by atoms with Gasteiger partial charge >= 0.3 is 0 Å². The molecule has 21 heavy (non-hydrogen) atoms. The van der Waals surface area contributed by atoms with E-state index in [2.05, 4.69) is 85.8 Å². The quantitative estimate of drug-likeness (QED) is 0.614. The Morgan fingerprint density at radius 2 is 1.10 bits per heavy atom. The molecule has 0 aliphatic carbocycles. The van der Waals surface area contributed by atoms with Crippen LogP contribution in [0.15, 0.2) is 78.9 Å². The van der Waals surface area contributed by atoms with Crippen LogP contribution in [-0.2, 0) is 12.8 Å². The zero-order valence-corrected chi connectivity index (χ0v) is 12.4. The van der Waals surface area contributed by atoms with Crippen LogP contribution in [0.2, 0.25) is 0 Å². The van der Waals surface area contributed by atoms with Gasteiger partial charge < -0.3 is 0 Å². The SMILES string of the molecule is Cc1ccc(Cc2ccccc2)c(Cc2ccccc2)c1. The first kappa shape index (κ1) is 13.6. The third-order valence-corrected chi connectivity index (χ3v) is 3.84. The highest BCUT2D eigenvalue weighted by Crippen LogP contribution is 2.19. The highest BCUT2D eigenvalue weighted by atomic mass is 14.1. The number of hydrogen-bond donors (Lipinski definition) is 0. The molecule has 3 aromatic rings. The highest BCUT2D eigenvalue weighted by Gasteiger charge is 2.05. The van der Waals surface area contributed by atoms with Gasteiger partial charge in [-0.3, -0.25) is 0 Å². The van der Waals surface area contributed by atoms with Crippen LogP contribution in [0.5, 0.6) is 0 Å². The van der Waals surface area contributed by atoms with Crippen LogP contribution in [-0.4, -0.2) is 0 Å². The molecule has 0 aliphatic rings. The lowest BCUT2D eigenvalue weighted by Gasteiger charge is -2.11. The van der Waals surface area contributed by atoms with Crippen molar-refractivity contribution in [3.05, 3.63) is 107 Å². The maximum absolute atomic E-state index is 2.32. The Hall–Kier alpha value is -2.34. The molecule has 0 N–H and O–H groups in total. The summed E-state index contributed by atoms with van der Waals surface area (Å²) in [4.78, 5) is 0. The summed E-state index contributed by atoms with van der Waals surface area (Å²) in [5.41, 5.74) is 6.94. The van der Waals surface area contributed by atoms with E-state index in [-0.39, 0.29) is 0 Å². The van der Waals surface area contributed by atoms with Gasteiger partial charge in [-0.15, -0.1) is 0 Å². The van der Waals surface area contributed by atoms with E-state index in [0.29, 0.717) is 0 Å². The summed E-state index contributed by atoms with van der Waals surface area (Å²) in [5, 5.41) is 0. The Balaban J connectivity index is 1.90. The molecule has 0 unspecified atom stereocenters. The number of rotatable bonds is 4. The third kappa shape index (κ3) is 3.61. The molecule has 0 radical (unpaired) electrons. The summed E-state index contributed by atoms with van der Waals surface area (Å²) in [6, 6.07) is 28.2. The molecule has 0 bridgehead atoms. The molecule has 0 heterocycles. The van der Waals surface area contributed by atoms with Crippen molar-refractivity contribution < 1.29 is 0 Å². The molecular weight excluding hydrogens is 252 g/mol. The molecule has 104 valence electrons. The summed E-state index contributed by atoms with van der Waals surface area (Å²) >= 11 is 0. The lowest BCUT2D eigenvalue weighted by atomic mass is 9.94. The Morgan fingerprint density at radius 1 is 0.571 bits per heavy atom. The molecular formula is C21H20. The van der Waals surface area contributed by atoms with Gasteiger partial charge in [0, 0.05) is 0 Å². The number of hydrogen-bond acceptors (Lipinski definition) is 0. The second-order valence-corrected chi connectivity index (χ2v) is 5.60. The Morgan fingerprint density at radius 3 is 1.67 bits per heavy atom. The predicted octanol–water partition coefficient (Wildman–Crippen LogP) is 5.18. The summed E-state index contributed by atoms with van der Waals surface area (Å²) in [6.07, 6.45) is 2.01. The molecule has 0 amide bonds. The zero-order chi connectivity index (χ0) is 14.5. The van der Waals surface area contributed by atoms with Crippen molar-refractivity contribution in [1.82, 2.24) is 0 Å². The van der Waals surface area contributed by atoms with E-state index in [4.69, 9.17) is 0 Å². The van der Waals surface area contributed by atoms with Crippen LogP contribution < -0.4 is 0 Å². The lowest BCUT2D eigenvalue weighted by Crippen LogP contribution is -1.98. The molecule has 0 saturated carbocycles. The molecule has 0 nitrogen and oxygen atoms in total. The zero-order valence-electron chi connectivity index (χ0n) is 12.4. The van der Waals surface area contributed by atoms with Gasteiger partial charge in [0.2, 0.25) is 0 Å². The minimum Gasteiger partial charge on any atom is -0.0622 e. The molecule has 3 rings (SSSR count). The van der Waals surface area contributed by atoms with E-state index in [0.717, 1.165) is 12.8 Å². The molecule has 0 heteroatoms. The fourth-order valence-electron chi connectivity index (χ4n) is 2.72. The van der Waals surface area contributed by atoms with Crippen molar-refractivity contribution >= 4 is 0 Å². The van der Waals surface area contributed by atoms with E-state index in [1.807, 2.05) is 0 Å². The van der Waals surface area contributed by atoms with Gasteiger partial charge in [0.25, 0.3) is 0 Å². The number of aryl methyl sites for hydroxylation is 1. The van der Waals surface area contributed by atoms with E-state index in [1.54, 1.807) is 0 Å².